The lowest BCUT2D eigenvalue weighted by molar-refractivity contribution is -0.0885. The standard InChI is InChI=1S/C8H4ClF3O/c9-6-3-1-5(2-4-6)7(13)8(10,11)12/h1-4H. The van der Waals surface area contributed by atoms with Gasteiger partial charge in [-0.1, -0.05) is 11.6 Å². The average molecular weight is 209 g/mol. The smallest absolute Gasteiger partial charge is 0.284 e. The highest BCUT2D eigenvalue weighted by Gasteiger charge is 2.38. The van der Waals surface area contributed by atoms with E-state index in [2.05, 4.69) is 0 Å². The molecule has 0 fully saturated rings. The third-order valence-electron chi connectivity index (χ3n) is 1.36. The van der Waals surface area contributed by atoms with Crippen molar-refractivity contribution in [2.24, 2.45) is 0 Å². The molecule has 0 spiro atoms. The first-order valence-corrected chi connectivity index (χ1v) is 3.66. The third-order valence-corrected chi connectivity index (χ3v) is 1.62. The maximum absolute atomic E-state index is 11.9. The Labute approximate surface area is 77.1 Å². The van der Waals surface area contributed by atoms with Crippen molar-refractivity contribution in [3.63, 3.8) is 0 Å². The molecule has 70 valence electrons. The van der Waals surface area contributed by atoms with Gasteiger partial charge in [-0.25, -0.2) is 0 Å². The highest BCUT2D eigenvalue weighted by molar-refractivity contribution is 6.30. The molecule has 0 heterocycles. The number of carbonyl (C=O) groups is 1. The fraction of sp³-hybridized carbons (Fsp3) is 0.125. The summed E-state index contributed by atoms with van der Waals surface area (Å²) in [4.78, 5) is 10.6. The van der Waals surface area contributed by atoms with Crippen molar-refractivity contribution in [3.05, 3.63) is 34.9 Å². The predicted octanol–water partition coefficient (Wildman–Crippen LogP) is 3.08. The molecular formula is C8H4ClF3O. The van der Waals surface area contributed by atoms with Crippen molar-refractivity contribution in [1.82, 2.24) is 0 Å². The van der Waals surface area contributed by atoms with Crippen LogP contribution in [0.1, 0.15) is 10.4 Å². The summed E-state index contributed by atoms with van der Waals surface area (Å²) in [6.45, 7) is 0. The summed E-state index contributed by atoms with van der Waals surface area (Å²) in [5.74, 6) is -1.86. The molecule has 1 aromatic rings. The molecule has 1 aromatic carbocycles. The summed E-state index contributed by atoms with van der Waals surface area (Å²) in [5.41, 5.74) is -0.406. The first-order chi connectivity index (χ1) is 5.91. The van der Waals surface area contributed by atoms with Crippen LogP contribution in [0.25, 0.3) is 0 Å². The van der Waals surface area contributed by atoms with Crippen LogP contribution in [0.4, 0.5) is 13.2 Å². The largest absolute Gasteiger partial charge is 0.454 e. The first kappa shape index (κ1) is 10.1. The van der Waals surface area contributed by atoms with Crippen LogP contribution >= 0.6 is 11.6 Å². The molecule has 0 aromatic heterocycles. The van der Waals surface area contributed by atoms with E-state index in [1.165, 1.54) is 12.1 Å². The Bertz CT molecular complexity index is 315. The van der Waals surface area contributed by atoms with E-state index in [-0.39, 0.29) is 0 Å². The van der Waals surface area contributed by atoms with E-state index >= 15 is 0 Å². The monoisotopic (exact) mass is 208 g/mol. The quantitative estimate of drug-likeness (QED) is 0.648. The van der Waals surface area contributed by atoms with E-state index < -0.39 is 17.5 Å². The Morgan fingerprint density at radius 3 is 2.00 bits per heavy atom. The Morgan fingerprint density at radius 2 is 1.62 bits per heavy atom. The number of benzene rings is 1. The second-order valence-corrected chi connectivity index (χ2v) is 2.77. The predicted molar refractivity (Wildman–Crippen MR) is 41.8 cm³/mol. The summed E-state index contributed by atoms with van der Waals surface area (Å²) in [5, 5.41) is 0.290. The van der Waals surface area contributed by atoms with Crippen LogP contribution in [-0.2, 0) is 0 Å². The minimum Gasteiger partial charge on any atom is -0.284 e. The van der Waals surface area contributed by atoms with Gasteiger partial charge in [0.1, 0.15) is 0 Å². The van der Waals surface area contributed by atoms with Gasteiger partial charge >= 0.3 is 6.18 Å². The van der Waals surface area contributed by atoms with Gasteiger partial charge in [-0.3, -0.25) is 4.79 Å². The van der Waals surface area contributed by atoms with Crippen LogP contribution in [0.5, 0.6) is 0 Å². The molecule has 5 heteroatoms. The molecule has 1 nitrogen and oxygen atoms in total. The number of halogens is 4. The van der Waals surface area contributed by atoms with Gasteiger partial charge in [0, 0.05) is 10.6 Å². The third kappa shape index (κ3) is 2.45. The highest BCUT2D eigenvalue weighted by Crippen LogP contribution is 2.22. The lowest BCUT2D eigenvalue weighted by atomic mass is 10.1. The van der Waals surface area contributed by atoms with Gasteiger partial charge in [-0.2, -0.15) is 13.2 Å². The average Bonchev–Trinajstić information content (AvgIpc) is 2.03. The molecule has 0 amide bonds. The molecule has 0 unspecified atom stereocenters. The minimum absolute atomic E-state index is 0.290. The van der Waals surface area contributed by atoms with Gasteiger partial charge in [0.25, 0.3) is 5.78 Å². The maximum Gasteiger partial charge on any atom is 0.454 e. The molecular weight excluding hydrogens is 205 g/mol. The maximum atomic E-state index is 11.9. The summed E-state index contributed by atoms with van der Waals surface area (Å²) >= 11 is 5.44. The zero-order chi connectivity index (χ0) is 10.1. The Morgan fingerprint density at radius 1 is 1.15 bits per heavy atom. The number of Topliss-reactive ketones (excluding diaryl/α,β-unsaturated/α-hetero) is 1. The van der Waals surface area contributed by atoms with E-state index in [1.807, 2.05) is 0 Å². The van der Waals surface area contributed by atoms with Gasteiger partial charge in [-0.05, 0) is 24.3 Å². The zero-order valence-corrected chi connectivity index (χ0v) is 6.99. The van der Waals surface area contributed by atoms with Crippen LogP contribution in [0.2, 0.25) is 5.02 Å². The van der Waals surface area contributed by atoms with Crippen molar-refractivity contribution in [1.29, 1.82) is 0 Å². The second-order valence-electron chi connectivity index (χ2n) is 2.33. The van der Waals surface area contributed by atoms with Crippen LogP contribution in [0.15, 0.2) is 24.3 Å². The molecule has 0 aliphatic rings. The normalized spacial score (nSPS) is 11.4. The van der Waals surface area contributed by atoms with Crippen LogP contribution in [0, 0.1) is 0 Å². The van der Waals surface area contributed by atoms with E-state index in [1.54, 1.807) is 0 Å². The van der Waals surface area contributed by atoms with Gasteiger partial charge in [0.15, 0.2) is 0 Å². The van der Waals surface area contributed by atoms with Crippen molar-refractivity contribution < 1.29 is 18.0 Å². The van der Waals surface area contributed by atoms with Crippen molar-refractivity contribution in [2.75, 3.05) is 0 Å². The number of hydrogen-bond acceptors (Lipinski definition) is 1. The molecule has 0 saturated carbocycles. The molecule has 0 N–H and O–H groups in total. The zero-order valence-electron chi connectivity index (χ0n) is 6.23. The van der Waals surface area contributed by atoms with Crippen LogP contribution in [-0.4, -0.2) is 12.0 Å². The minimum atomic E-state index is -4.83. The number of alkyl halides is 3. The van der Waals surface area contributed by atoms with E-state index in [9.17, 15) is 18.0 Å². The second kappa shape index (κ2) is 3.38. The Balaban J connectivity index is 2.97. The molecule has 13 heavy (non-hydrogen) atoms. The number of ketones is 1. The highest BCUT2D eigenvalue weighted by atomic mass is 35.5. The van der Waals surface area contributed by atoms with Crippen molar-refractivity contribution >= 4 is 17.4 Å². The number of carbonyl (C=O) groups excluding carboxylic acids is 1. The van der Waals surface area contributed by atoms with Crippen molar-refractivity contribution in [3.8, 4) is 0 Å². The van der Waals surface area contributed by atoms with E-state index in [4.69, 9.17) is 11.6 Å². The van der Waals surface area contributed by atoms with E-state index in [0.29, 0.717) is 5.02 Å². The SMILES string of the molecule is O=C(c1ccc(Cl)cc1)C(F)(F)F. The van der Waals surface area contributed by atoms with Gasteiger partial charge < -0.3 is 0 Å². The Kier molecular flexibility index (Phi) is 2.61. The number of rotatable bonds is 1. The Hall–Kier alpha value is -1.03. The fourth-order valence-electron chi connectivity index (χ4n) is 0.765. The first-order valence-electron chi connectivity index (χ1n) is 3.28. The van der Waals surface area contributed by atoms with Crippen molar-refractivity contribution in [2.45, 2.75) is 6.18 Å². The lowest BCUT2D eigenvalue weighted by Gasteiger charge is -2.04. The number of hydrogen-bond donors (Lipinski definition) is 0. The lowest BCUT2D eigenvalue weighted by Crippen LogP contribution is -2.22. The summed E-state index contributed by atoms with van der Waals surface area (Å²) < 4.78 is 35.6. The topological polar surface area (TPSA) is 17.1 Å². The molecule has 0 aliphatic heterocycles. The van der Waals surface area contributed by atoms with E-state index in [0.717, 1.165) is 12.1 Å². The fourth-order valence-corrected chi connectivity index (χ4v) is 0.891. The molecule has 0 saturated heterocycles. The van der Waals surface area contributed by atoms with Crippen LogP contribution < -0.4 is 0 Å². The molecule has 0 bridgehead atoms. The van der Waals surface area contributed by atoms with Gasteiger partial charge in [0.05, 0.1) is 0 Å². The summed E-state index contributed by atoms with van der Waals surface area (Å²) in [6.07, 6.45) is -4.83. The van der Waals surface area contributed by atoms with Crippen LogP contribution in [0.3, 0.4) is 0 Å². The summed E-state index contributed by atoms with van der Waals surface area (Å²) in [6, 6.07) is 4.55. The molecule has 0 aliphatic carbocycles. The van der Waals surface area contributed by atoms with Gasteiger partial charge in [0.2, 0.25) is 0 Å². The molecule has 1 rings (SSSR count). The van der Waals surface area contributed by atoms with Gasteiger partial charge in [-0.15, -0.1) is 0 Å². The molecule has 0 radical (unpaired) electrons. The molecule has 0 atom stereocenters. The summed E-state index contributed by atoms with van der Waals surface area (Å²) in [7, 11) is 0.